The summed E-state index contributed by atoms with van der Waals surface area (Å²) >= 11 is 0. The van der Waals surface area contributed by atoms with Gasteiger partial charge < -0.3 is 9.84 Å². The van der Waals surface area contributed by atoms with Crippen LogP contribution in [0.25, 0.3) is 5.65 Å². The van der Waals surface area contributed by atoms with Crippen molar-refractivity contribution < 1.29 is 9.32 Å². The number of carbonyl (C=O) groups excluding carboxylic acids is 1. The van der Waals surface area contributed by atoms with E-state index in [4.69, 9.17) is 4.52 Å². The van der Waals surface area contributed by atoms with Crippen LogP contribution in [0.15, 0.2) is 16.8 Å². The first-order valence-corrected chi connectivity index (χ1v) is 8.30. The van der Waals surface area contributed by atoms with Gasteiger partial charge in [0.2, 0.25) is 5.89 Å². The molecule has 0 radical (unpaired) electrons. The Morgan fingerprint density at radius 2 is 2.04 bits per heavy atom. The first-order valence-electron chi connectivity index (χ1n) is 8.30. The van der Waals surface area contributed by atoms with E-state index in [0.29, 0.717) is 28.8 Å². The number of fused-ring (bicyclic) bond motifs is 1. The molecule has 1 atom stereocenters. The van der Waals surface area contributed by atoms with Crippen LogP contribution in [-0.4, -0.2) is 30.6 Å². The van der Waals surface area contributed by atoms with Crippen molar-refractivity contribution in [3.63, 3.8) is 0 Å². The Hall–Kier alpha value is -2.77. The largest absolute Gasteiger partial charge is 0.340 e. The number of aryl methyl sites for hydroxylation is 2. The topological polar surface area (TPSA) is 98.2 Å². The fourth-order valence-corrected chi connectivity index (χ4v) is 2.66. The first-order chi connectivity index (χ1) is 11.8. The summed E-state index contributed by atoms with van der Waals surface area (Å²) < 4.78 is 6.91. The van der Waals surface area contributed by atoms with Gasteiger partial charge in [0.1, 0.15) is 11.6 Å². The van der Waals surface area contributed by atoms with Gasteiger partial charge in [-0.15, -0.1) is 0 Å². The van der Waals surface area contributed by atoms with Gasteiger partial charge in [-0.3, -0.25) is 4.79 Å². The molecule has 3 aromatic heterocycles. The van der Waals surface area contributed by atoms with Gasteiger partial charge in [-0.2, -0.15) is 10.1 Å². The zero-order valence-corrected chi connectivity index (χ0v) is 15.1. The van der Waals surface area contributed by atoms with Crippen molar-refractivity contribution in [2.24, 2.45) is 5.92 Å². The molecule has 8 nitrogen and oxygen atoms in total. The van der Waals surface area contributed by atoms with Gasteiger partial charge in [0.25, 0.3) is 5.91 Å². The van der Waals surface area contributed by atoms with Crippen LogP contribution >= 0.6 is 0 Å². The van der Waals surface area contributed by atoms with Crippen LogP contribution in [-0.2, 0) is 6.42 Å². The predicted molar refractivity (Wildman–Crippen MR) is 91.2 cm³/mol. The zero-order chi connectivity index (χ0) is 18.1. The van der Waals surface area contributed by atoms with E-state index < -0.39 is 6.04 Å². The molecule has 0 bridgehead atoms. The third-order valence-corrected chi connectivity index (χ3v) is 3.82. The standard InChI is InChI=1S/C17H22N6O2/c1-9(2)6-14-21-17(25-22-14)12(5)20-16(24)13-8-18-23-11(4)7-10(3)19-15(13)23/h7-9,12H,6H2,1-5H3,(H,20,24). The third-order valence-electron chi connectivity index (χ3n) is 3.82. The molecule has 25 heavy (non-hydrogen) atoms. The summed E-state index contributed by atoms with van der Waals surface area (Å²) in [7, 11) is 0. The van der Waals surface area contributed by atoms with Gasteiger partial charge in [-0.05, 0) is 32.8 Å². The van der Waals surface area contributed by atoms with Crippen molar-refractivity contribution in [1.29, 1.82) is 0 Å². The lowest BCUT2D eigenvalue weighted by Gasteiger charge is -2.09. The molecule has 3 rings (SSSR count). The Labute approximate surface area is 145 Å². The van der Waals surface area contributed by atoms with Gasteiger partial charge in [0.05, 0.1) is 6.20 Å². The molecule has 0 aliphatic rings. The summed E-state index contributed by atoms with van der Waals surface area (Å²) in [5.74, 6) is 1.20. The number of nitrogens with one attached hydrogen (secondary N) is 1. The smallest absolute Gasteiger partial charge is 0.257 e. The molecule has 0 aliphatic carbocycles. The Morgan fingerprint density at radius 1 is 1.28 bits per heavy atom. The molecule has 8 heteroatoms. The maximum absolute atomic E-state index is 12.6. The van der Waals surface area contributed by atoms with Crippen molar-refractivity contribution in [2.45, 2.75) is 47.1 Å². The van der Waals surface area contributed by atoms with E-state index in [0.717, 1.165) is 17.8 Å². The summed E-state index contributed by atoms with van der Waals surface area (Å²) in [6, 6.07) is 1.51. The molecule has 132 valence electrons. The average Bonchev–Trinajstić information content (AvgIpc) is 3.13. The Balaban J connectivity index is 1.79. The summed E-state index contributed by atoms with van der Waals surface area (Å²) in [6.07, 6.45) is 2.26. The molecule has 3 aromatic rings. The minimum atomic E-state index is -0.401. The Bertz CT molecular complexity index is 911. The maximum atomic E-state index is 12.6. The lowest BCUT2D eigenvalue weighted by molar-refractivity contribution is 0.0934. The van der Waals surface area contributed by atoms with Crippen LogP contribution in [0.2, 0.25) is 0 Å². The zero-order valence-electron chi connectivity index (χ0n) is 15.1. The summed E-state index contributed by atoms with van der Waals surface area (Å²) in [6.45, 7) is 9.79. The van der Waals surface area contributed by atoms with Crippen LogP contribution in [0.1, 0.15) is 60.3 Å². The number of hydrogen-bond donors (Lipinski definition) is 1. The lowest BCUT2D eigenvalue weighted by Crippen LogP contribution is -2.27. The number of rotatable bonds is 5. The highest BCUT2D eigenvalue weighted by atomic mass is 16.5. The van der Waals surface area contributed by atoms with Crippen LogP contribution in [0, 0.1) is 19.8 Å². The van der Waals surface area contributed by atoms with Crippen molar-refractivity contribution in [3.05, 3.63) is 40.9 Å². The molecule has 0 aromatic carbocycles. The Morgan fingerprint density at radius 3 is 2.76 bits per heavy atom. The molecule has 3 heterocycles. The van der Waals surface area contributed by atoms with Gasteiger partial charge in [-0.25, -0.2) is 9.50 Å². The van der Waals surface area contributed by atoms with Gasteiger partial charge in [0.15, 0.2) is 11.5 Å². The van der Waals surface area contributed by atoms with Gasteiger partial charge >= 0.3 is 0 Å². The first kappa shape index (κ1) is 17.1. The van der Waals surface area contributed by atoms with E-state index in [1.54, 1.807) is 11.4 Å². The fourth-order valence-electron chi connectivity index (χ4n) is 2.66. The second kappa shape index (κ2) is 6.62. The van der Waals surface area contributed by atoms with Crippen LogP contribution in [0.3, 0.4) is 0 Å². The van der Waals surface area contributed by atoms with E-state index in [1.165, 1.54) is 6.20 Å². The highest BCUT2D eigenvalue weighted by molar-refractivity contribution is 5.99. The third kappa shape index (κ3) is 3.52. The van der Waals surface area contributed by atoms with E-state index in [2.05, 4.69) is 39.4 Å². The number of carbonyl (C=O) groups is 1. The molecule has 1 N–H and O–H groups in total. The van der Waals surface area contributed by atoms with E-state index in [1.807, 2.05) is 19.9 Å². The minimum absolute atomic E-state index is 0.274. The Kier molecular flexibility index (Phi) is 4.52. The quantitative estimate of drug-likeness (QED) is 0.764. The van der Waals surface area contributed by atoms with Crippen molar-refractivity contribution >= 4 is 11.6 Å². The summed E-state index contributed by atoms with van der Waals surface area (Å²) in [5.41, 5.74) is 2.71. The molecular formula is C17H22N6O2. The number of hydrogen-bond acceptors (Lipinski definition) is 6. The lowest BCUT2D eigenvalue weighted by atomic mass is 10.1. The molecule has 0 saturated carbocycles. The molecule has 0 spiro atoms. The second-order valence-corrected chi connectivity index (χ2v) is 6.67. The molecule has 1 amide bonds. The SMILES string of the molecule is Cc1cc(C)n2ncc(C(=O)NC(C)c3nc(CC(C)C)no3)c2n1. The maximum Gasteiger partial charge on any atom is 0.257 e. The van der Waals surface area contributed by atoms with E-state index >= 15 is 0 Å². The summed E-state index contributed by atoms with van der Waals surface area (Å²) in [5, 5.41) is 11.1. The predicted octanol–water partition coefficient (Wildman–Crippen LogP) is 2.42. The molecule has 0 saturated heterocycles. The molecule has 0 aliphatic heterocycles. The van der Waals surface area contributed by atoms with Gasteiger partial charge in [-0.1, -0.05) is 19.0 Å². The molecular weight excluding hydrogens is 320 g/mol. The summed E-state index contributed by atoms with van der Waals surface area (Å²) in [4.78, 5) is 21.4. The van der Waals surface area contributed by atoms with E-state index in [-0.39, 0.29) is 5.91 Å². The van der Waals surface area contributed by atoms with Crippen LogP contribution in [0.4, 0.5) is 0 Å². The minimum Gasteiger partial charge on any atom is -0.340 e. The highest BCUT2D eigenvalue weighted by Gasteiger charge is 2.21. The number of amides is 1. The van der Waals surface area contributed by atoms with Crippen molar-refractivity contribution in [3.8, 4) is 0 Å². The fraction of sp³-hybridized carbons (Fsp3) is 0.471. The number of aromatic nitrogens is 5. The normalized spacial score (nSPS) is 12.7. The van der Waals surface area contributed by atoms with Gasteiger partial charge in [0, 0.05) is 17.8 Å². The van der Waals surface area contributed by atoms with Crippen molar-refractivity contribution in [2.75, 3.05) is 0 Å². The van der Waals surface area contributed by atoms with E-state index in [9.17, 15) is 4.79 Å². The second-order valence-electron chi connectivity index (χ2n) is 6.67. The van der Waals surface area contributed by atoms with Crippen LogP contribution in [0.5, 0.6) is 0 Å². The molecule has 1 unspecified atom stereocenters. The van der Waals surface area contributed by atoms with Crippen LogP contribution < -0.4 is 5.32 Å². The average molecular weight is 342 g/mol. The van der Waals surface area contributed by atoms with Crippen molar-refractivity contribution in [1.82, 2.24) is 30.1 Å². The monoisotopic (exact) mass is 342 g/mol. The molecule has 0 fully saturated rings. The highest BCUT2D eigenvalue weighted by Crippen LogP contribution is 2.15. The number of nitrogens with zero attached hydrogens (tertiary/aromatic N) is 5.